The Morgan fingerprint density at radius 3 is 2.59 bits per heavy atom. The first-order chi connectivity index (χ1) is 13.0. The minimum atomic E-state index is -0.183. The van der Waals surface area contributed by atoms with Gasteiger partial charge in [0.2, 0.25) is 0 Å². The summed E-state index contributed by atoms with van der Waals surface area (Å²) in [6.45, 7) is 0.758. The number of methoxy groups -OCH3 is 2. The molecule has 0 aliphatic heterocycles. The van der Waals surface area contributed by atoms with E-state index in [0.717, 1.165) is 27.4 Å². The van der Waals surface area contributed by atoms with Crippen LogP contribution in [0.5, 0.6) is 11.5 Å². The summed E-state index contributed by atoms with van der Waals surface area (Å²) in [7, 11) is 3.23. The van der Waals surface area contributed by atoms with Gasteiger partial charge in [0.1, 0.15) is 0 Å². The van der Waals surface area contributed by atoms with Crippen LogP contribution >= 0.6 is 46.0 Å². The van der Waals surface area contributed by atoms with Crippen molar-refractivity contribution in [1.82, 2.24) is 4.57 Å². The third kappa shape index (κ3) is 4.68. The number of hydrogen-bond donors (Lipinski definition) is 0. The number of thiazole rings is 1. The number of nitrogens with zero attached hydrogens (tertiary/aromatic N) is 2. The number of hydrogen-bond acceptors (Lipinski definition) is 6. The quantitative estimate of drug-likeness (QED) is 0.541. The van der Waals surface area contributed by atoms with Gasteiger partial charge in [-0.05, 0) is 18.4 Å². The maximum Gasteiger partial charge on any atom is 0.253 e. The van der Waals surface area contributed by atoms with Crippen LogP contribution in [0.25, 0.3) is 10.2 Å². The molecule has 0 radical (unpaired) electrons. The Morgan fingerprint density at radius 1 is 1.22 bits per heavy atom. The van der Waals surface area contributed by atoms with Crippen LogP contribution in [0.15, 0.2) is 29.3 Å². The molecule has 2 heterocycles. The molecule has 3 aromatic rings. The Bertz CT molecular complexity index is 1020. The van der Waals surface area contributed by atoms with Crippen molar-refractivity contribution in [3.63, 3.8) is 0 Å². The van der Waals surface area contributed by atoms with Gasteiger partial charge in [-0.2, -0.15) is 16.8 Å². The normalized spacial score (nSPS) is 11.9. The lowest BCUT2D eigenvalue weighted by molar-refractivity contribution is -0.117. The third-order valence-electron chi connectivity index (χ3n) is 3.88. The lowest BCUT2D eigenvalue weighted by Gasteiger charge is -2.09. The Balaban J connectivity index is 2.05. The second kappa shape index (κ2) is 9.14. The molecule has 5 nitrogen and oxygen atoms in total. The van der Waals surface area contributed by atoms with Crippen LogP contribution in [-0.4, -0.2) is 36.7 Å². The first-order valence-corrected chi connectivity index (χ1v) is 11.5. The summed E-state index contributed by atoms with van der Waals surface area (Å²) in [5.74, 6) is 2.06. The molecule has 0 atom stereocenters. The van der Waals surface area contributed by atoms with Gasteiger partial charge >= 0.3 is 0 Å². The zero-order chi connectivity index (χ0) is 19.4. The number of carbonyl (C=O) groups is 1. The van der Waals surface area contributed by atoms with Crippen LogP contribution in [0.1, 0.15) is 4.88 Å². The summed E-state index contributed by atoms with van der Waals surface area (Å²) in [4.78, 5) is 18.4. The van der Waals surface area contributed by atoms with Gasteiger partial charge in [-0.3, -0.25) is 4.79 Å². The smallest absolute Gasteiger partial charge is 0.253 e. The van der Waals surface area contributed by atoms with Crippen molar-refractivity contribution in [3.8, 4) is 11.5 Å². The number of benzene rings is 1. The topological polar surface area (TPSA) is 52.8 Å². The number of aromatic nitrogens is 1. The number of carbonyl (C=O) groups excluding carboxylic acids is 1. The van der Waals surface area contributed by atoms with E-state index in [1.54, 1.807) is 32.0 Å². The fourth-order valence-electron chi connectivity index (χ4n) is 2.62. The molecule has 0 unspecified atom stereocenters. The Morgan fingerprint density at radius 2 is 1.96 bits per heavy atom. The summed E-state index contributed by atoms with van der Waals surface area (Å²) < 4.78 is 14.6. The molecule has 2 aromatic heterocycles. The van der Waals surface area contributed by atoms with E-state index < -0.39 is 0 Å². The molecule has 0 aliphatic carbocycles. The SMILES string of the molecule is COc1cc2sc(=NC(=O)Cc3ccc(Cl)s3)n(CCSC)c2cc1OC. The molecule has 27 heavy (non-hydrogen) atoms. The van der Waals surface area contributed by atoms with Crippen LogP contribution in [-0.2, 0) is 17.8 Å². The fourth-order valence-corrected chi connectivity index (χ4v) is 5.15. The molecular formula is C18H19ClN2O3S3. The van der Waals surface area contributed by atoms with Gasteiger partial charge in [0.25, 0.3) is 5.91 Å². The van der Waals surface area contributed by atoms with Crippen molar-refractivity contribution in [2.75, 3.05) is 26.2 Å². The molecule has 0 bridgehead atoms. The van der Waals surface area contributed by atoms with Gasteiger partial charge in [0.05, 0.1) is 35.2 Å². The van der Waals surface area contributed by atoms with E-state index in [0.29, 0.717) is 20.6 Å². The van der Waals surface area contributed by atoms with E-state index in [2.05, 4.69) is 15.8 Å². The Hall–Kier alpha value is -1.48. The average molecular weight is 443 g/mol. The number of ether oxygens (including phenoxy) is 2. The number of fused-ring (bicyclic) bond motifs is 1. The number of thioether (sulfide) groups is 1. The van der Waals surface area contributed by atoms with E-state index in [4.69, 9.17) is 21.1 Å². The predicted octanol–water partition coefficient (Wildman–Crippen LogP) is 4.47. The van der Waals surface area contributed by atoms with Crippen LogP contribution in [0.4, 0.5) is 0 Å². The van der Waals surface area contributed by atoms with Crippen LogP contribution in [0.3, 0.4) is 0 Å². The van der Waals surface area contributed by atoms with Crippen molar-refractivity contribution < 1.29 is 14.3 Å². The maximum absolute atomic E-state index is 12.5. The number of halogens is 1. The van der Waals surface area contributed by atoms with Crippen molar-refractivity contribution in [2.24, 2.45) is 4.99 Å². The number of aryl methyl sites for hydroxylation is 1. The highest BCUT2D eigenvalue weighted by Gasteiger charge is 2.13. The summed E-state index contributed by atoms with van der Waals surface area (Å²) in [6, 6.07) is 7.53. The van der Waals surface area contributed by atoms with E-state index in [1.807, 2.05) is 18.2 Å². The van der Waals surface area contributed by atoms with E-state index in [9.17, 15) is 4.79 Å². The van der Waals surface area contributed by atoms with E-state index in [-0.39, 0.29) is 12.3 Å². The lowest BCUT2D eigenvalue weighted by Crippen LogP contribution is -2.18. The molecule has 144 valence electrons. The monoisotopic (exact) mass is 442 g/mol. The van der Waals surface area contributed by atoms with Crippen molar-refractivity contribution in [2.45, 2.75) is 13.0 Å². The molecule has 9 heteroatoms. The summed E-state index contributed by atoms with van der Waals surface area (Å²) in [5.41, 5.74) is 0.984. The molecule has 0 fully saturated rings. The fraction of sp³-hybridized carbons (Fsp3) is 0.333. The molecule has 0 saturated carbocycles. The molecule has 0 aliphatic rings. The minimum Gasteiger partial charge on any atom is -0.493 e. The molecule has 0 saturated heterocycles. The van der Waals surface area contributed by atoms with Gasteiger partial charge in [-0.15, -0.1) is 11.3 Å². The molecule has 1 aromatic carbocycles. The van der Waals surface area contributed by atoms with Gasteiger partial charge in [0.15, 0.2) is 16.3 Å². The second-order valence-corrected chi connectivity index (χ2v) is 9.39. The van der Waals surface area contributed by atoms with Crippen LogP contribution in [0, 0.1) is 0 Å². The Kier molecular flexibility index (Phi) is 6.86. The first-order valence-electron chi connectivity index (χ1n) is 8.11. The minimum absolute atomic E-state index is 0.183. The average Bonchev–Trinajstić information content (AvgIpc) is 3.20. The number of amides is 1. The summed E-state index contributed by atoms with van der Waals surface area (Å²) >= 11 is 10.6. The van der Waals surface area contributed by atoms with Crippen molar-refractivity contribution in [3.05, 3.63) is 38.3 Å². The van der Waals surface area contributed by atoms with Gasteiger partial charge in [-0.25, -0.2) is 0 Å². The van der Waals surface area contributed by atoms with E-state index >= 15 is 0 Å². The van der Waals surface area contributed by atoms with Crippen molar-refractivity contribution >= 4 is 62.2 Å². The van der Waals surface area contributed by atoms with Gasteiger partial charge in [0, 0.05) is 29.3 Å². The summed E-state index contributed by atoms with van der Waals surface area (Å²) in [6.07, 6.45) is 2.31. The zero-order valence-corrected chi connectivity index (χ0v) is 18.4. The standard InChI is InChI=1S/C18H19ClN2O3S3/c1-23-13-9-12-15(10-14(13)24-2)27-18(21(12)6-7-25-3)20-17(22)8-11-4-5-16(19)26-11/h4-5,9-10H,6-8H2,1-3H3. The predicted molar refractivity (Wildman–Crippen MR) is 115 cm³/mol. The molecular weight excluding hydrogens is 424 g/mol. The van der Waals surface area contributed by atoms with Gasteiger partial charge in [-0.1, -0.05) is 22.9 Å². The van der Waals surface area contributed by atoms with Gasteiger partial charge < -0.3 is 14.0 Å². The molecule has 3 rings (SSSR count). The maximum atomic E-state index is 12.5. The highest BCUT2D eigenvalue weighted by Crippen LogP contribution is 2.33. The molecule has 1 amide bonds. The molecule has 0 spiro atoms. The summed E-state index contributed by atoms with van der Waals surface area (Å²) in [5, 5.41) is 0. The number of thiophene rings is 1. The highest BCUT2D eigenvalue weighted by molar-refractivity contribution is 7.98. The first kappa shape index (κ1) is 20.3. The molecule has 0 N–H and O–H groups in total. The largest absolute Gasteiger partial charge is 0.493 e. The zero-order valence-electron chi connectivity index (χ0n) is 15.2. The number of rotatable bonds is 7. The third-order valence-corrected chi connectivity index (χ3v) is 6.74. The highest BCUT2D eigenvalue weighted by atomic mass is 35.5. The Labute approximate surface area is 174 Å². The second-order valence-electron chi connectivity index (χ2n) is 5.59. The van der Waals surface area contributed by atoms with E-state index in [1.165, 1.54) is 22.7 Å². The lowest BCUT2D eigenvalue weighted by atomic mass is 10.3. The van der Waals surface area contributed by atoms with Crippen LogP contribution in [0.2, 0.25) is 4.34 Å². The van der Waals surface area contributed by atoms with Crippen LogP contribution < -0.4 is 14.3 Å². The van der Waals surface area contributed by atoms with Crippen molar-refractivity contribution in [1.29, 1.82) is 0 Å².